The van der Waals surface area contributed by atoms with Crippen LogP contribution in [-0.4, -0.2) is 18.8 Å². The fraction of sp³-hybridized carbons (Fsp3) is 0. The standard InChI is InChI=1S/C36H8Br8N4O2/c37-25-17-13-15-21(29(25)41)33-45-9-5-1-3-7-11(9)47(33)35(49)23(15)31(43)27(39)19(13)18-14-16-22(30(42)26(18)38)34-46-10-6-2-4-8-12(10)48(34)36(50)24(16)32(44)28(40)20(14)17/h1-8H. The van der Waals surface area contributed by atoms with E-state index >= 15 is 0 Å². The quantitative estimate of drug-likeness (QED) is 0.112. The van der Waals surface area contributed by atoms with Crippen LogP contribution in [0.3, 0.4) is 0 Å². The summed E-state index contributed by atoms with van der Waals surface area (Å²) in [5.41, 5.74) is 3.68. The second-order valence-corrected chi connectivity index (χ2v) is 18.5. The topological polar surface area (TPSA) is 68.7 Å². The van der Waals surface area contributed by atoms with E-state index in [4.69, 9.17) is 9.97 Å². The lowest BCUT2D eigenvalue weighted by molar-refractivity contribution is 1.18. The van der Waals surface area contributed by atoms with Gasteiger partial charge in [0.15, 0.2) is 0 Å². The average Bonchev–Trinajstić information content (AvgIpc) is 3.69. The number of hydrogen-bond acceptors (Lipinski definition) is 4. The highest BCUT2D eigenvalue weighted by atomic mass is 79.9. The van der Waals surface area contributed by atoms with Gasteiger partial charge in [0.25, 0.3) is 11.1 Å². The van der Waals surface area contributed by atoms with E-state index in [0.717, 1.165) is 93.8 Å². The Labute approximate surface area is 345 Å². The van der Waals surface area contributed by atoms with Gasteiger partial charge in [-0.3, -0.25) is 18.4 Å². The summed E-state index contributed by atoms with van der Waals surface area (Å²) < 4.78 is 9.17. The molecule has 240 valence electrons. The molecule has 0 atom stereocenters. The molecule has 0 bridgehead atoms. The molecule has 0 saturated carbocycles. The second kappa shape index (κ2) is 10.3. The zero-order valence-electron chi connectivity index (χ0n) is 24.2. The van der Waals surface area contributed by atoms with E-state index in [1.54, 1.807) is 8.80 Å². The summed E-state index contributed by atoms with van der Waals surface area (Å²) in [7, 11) is 0. The van der Waals surface area contributed by atoms with Gasteiger partial charge in [-0.2, -0.15) is 0 Å². The van der Waals surface area contributed by atoms with E-state index in [0.29, 0.717) is 40.0 Å². The van der Waals surface area contributed by atoms with Gasteiger partial charge in [-0.25, -0.2) is 9.97 Å². The first-order valence-electron chi connectivity index (χ1n) is 14.8. The van der Waals surface area contributed by atoms with Crippen LogP contribution in [0.1, 0.15) is 0 Å². The Bertz CT molecular complexity index is 3320. The summed E-state index contributed by atoms with van der Waals surface area (Å²) in [5.74, 6) is 0. The number of aromatic nitrogens is 4. The molecule has 11 aromatic rings. The first-order chi connectivity index (χ1) is 24.0. The molecule has 4 heterocycles. The molecular formula is C36H8Br8N4O2. The number of para-hydroxylation sites is 4. The van der Waals surface area contributed by atoms with Gasteiger partial charge in [-0.15, -0.1) is 0 Å². The largest absolute Gasteiger partial charge is 0.268 e. The van der Waals surface area contributed by atoms with Gasteiger partial charge >= 0.3 is 0 Å². The molecule has 50 heavy (non-hydrogen) atoms. The lowest BCUT2D eigenvalue weighted by Gasteiger charge is -2.24. The van der Waals surface area contributed by atoms with E-state index in [1.807, 2.05) is 48.5 Å². The number of rotatable bonds is 0. The minimum absolute atomic E-state index is 0.179. The average molecular weight is 1170 g/mol. The van der Waals surface area contributed by atoms with Gasteiger partial charge in [-0.1, -0.05) is 24.3 Å². The number of fused-ring (bicyclic) bond motifs is 10. The minimum atomic E-state index is -0.179. The van der Waals surface area contributed by atoms with Crippen LogP contribution in [0.5, 0.6) is 0 Å². The third-order valence-electron chi connectivity index (χ3n) is 9.93. The monoisotopic (exact) mass is 1160 g/mol. The van der Waals surface area contributed by atoms with Crippen LogP contribution in [0.25, 0.3) is 98.0 Å². The van der Waals surface area contributed by atoms with Crippen molar-refractivity contribution in [2.24, 2.45) is 0 Å². The molecule has 7 aromatic carbocycles. The Balaban J connectivity index is 1.55. The summed E-state index contributed by atoms with van der Waals surface area (Å²) in [6.45, 7) is 0. The van der Waals surface area contributed by atoms with Crippen molar-refractivity contribution in [2.45, 2.75) is 0 Å². The molecule has 0 unspecified atom stereocenters. The predicted octanol–water partition coefficient (Wildman–Crippen LogP) is 13.3. The van der Waals surface area contributed by atoms with Crippen molar-refractivity contribution in [1.82, 2.24) is 18.8 Å². The summed E-state index contributed by atoms with van der Waals surface area (Å²) >= 11 is 31.7. The van der Waals surface area contributed by atoms with E-state index in [-0.39, 0.29) is 11.1 Å². The zero-order chi connectivity index (χ0) is 34.4. The number of nitrogens with zero attached hydrogens (tertiary/aromatic N) is 4. The molecule has 6 nitrogen and oxygen atoms in total. The SMILES string of the molecule is O=c1c2c(Br)c(Br)c3c4c(Br)c(Br)c5c6c(c(Br)c(Br)c(c7c(Br)c(Br)c(c2c37)c2nc3ccccc3n12)c46)c(=O)n1c2ccccc2nc51. The molecule has 0 saturated heterocycles. The van der Waals surface area contributed by atoms with Crippen molar-refractivity contribution < 1.29 is 0 Å². The lowest BCUT2D eigenvalue weighted by atomic mass is 9.86. The third-order valence-corrected chi connectivity index (χ3v) is 18.4. The van der Waals surface area contributed by atoms with Crippen LogP contribution in [-0.2, 0) is 0 Å². The highest BCUT2D eigenvalue weighted by molar-refractivity contribution is 9.14. The van der Waals surface area contributed by atoms with Gasteiger partial charge in [-0.05, 0) is 152 Å². The Hall–Kier alpha value is -2.04. The molecule has 0 aliphatic carbocycles. The molecule has 0 radical (unpaired) electrons. The molecule has 0 fully saturated rings. The third kappa shape index (κ3) is 3.46. The first kappa shape index (κ1) is 31.5. The summed E-state index contributed by atoms with van der Waals surface area (Å²) in [6.07, 6.45) is 0. The van der Waals surface area contributed by atoms with Crippen LogP contribution in [0.15, 0.2) is 93.9 Å². The fourth-order valence-corrected chi connectivity index (χ4v) is 12.7. The van der Waals surface area contributed by atoms with Crippen LogP contribution < -0.4 is 11.1 Å². The molecule has 0 aliphatic rings. The fourth-order valence-electron chi connectivity index (χ4n) is 8.04. The number of benzene rings is 7. The predicted molar refractivity (Wildman–Crippen MR) is 232 cm³/mol. The normalized spacial score (nSPS) is 13.0. The van der Waals surface area contributed by atoms with E-state index in [2.05, 4.69) is 127 Å². The highest BCUT2D eigenvalue weighted by Crippen LogP contribution is 2.59. The molecule has 4 aromatic heterocycles. The second-order valence-electron chi connectivity index (χ2n) is 12.1. The number of pyridine rings is 2. The maximum Gasteiger partial charge on any atom is 0.265 e. The van der Waals surface area contributed by atoms with Crippen molar-refractivity contribution in [3.63, 3.8) is 0 Å². The summed E-state index contributed by atoms with van der Waals surface area (Å²) in [5, 5.41) is 9.44. The highest BCUT2D eigenvalue weighted by Gasteiger charge is 2.33. The van der Waals surface area contributed by atoms with Gasteiger partial charge in [0.05, 0.1) is 32.8 Å². The molecular weight excluding hydrogens is 1160 g/mol. The Morgan fingerprint density at radius 1 is 0.360 bits per heavy atom. The van der Waals surface area contributed by atoms with Crippen LogP contribution in [0, 0.1) is 0 Å². The van der Waals surface area contributed by atoms with Gasteiger partial charge in [0.2, 0.25) is 0 Å². The van der Waals surface area contributed by atoms with Gasteiger partial charge < -0.3 is 0 Å². The summed E-state index contributed by atoms with van der Waals surface area (Å²) in [4.78, 5) is 39.4. The maximum absolute atomic E-state index is 14.7. The first-order valence-corrected chi connectivity index (χ1v) is 21.2. The zero-order valence-corrected chi connectivity index (χ0v) is 36.9. The Kier molecular flexibility index (Phi) is 6.51. The number of halogens is 8. The molecule has 0 N–H and O–H groups in total. The van der Waals surface area contributed by atoms with Crippen LogP contribution in [0.2, 0.25) is 0 Å². The minimum Gasteiger partial charge on any atom is -0.268 e. The number of hydrogen-bond donors (Lipinski definition) is 0. The molecule has 0 amide bonds. The van der Waals surface area contributed by atoms with Crippen molar-refractivity contribution in [1.29, 1.82) is 0 Å². The van der Waals surface area contributed by atoms with Gasteiger partial charge in [0, 0.05) is 89.6 Å². The lowest BCUT2D eigenvalue weighted by Crippen LogP contribution is -2.15. The maximum atomic E-state index is 14.7. The Morgan fingerprint density at radius 2 is 0.640 bits per heavy atom. The van der Waals surface area contributed by atoms with Crippen LogP contribution >= 0.6 is 127 Å². The molecule has 11 rings (SSSR count). The number of imidazole rings is 2. The van der Waals surface area contributed by atoms with E-state index in [9.17, 15) is 9.59 Å². The van der Waals surface area contributed by atoms with Gasteiger partial charge in [0.1, 0.15) is 11.3 Å². The molecule has 0 spiro atoms. The summed E-state index contributed by atoms with van der Waals surface area (Å²) in [6, 6.07) is 15.3. The smallest absolute Gasteiger partial charge is 0.265 e. The Morgan fingerprint density at radius 3 is 1.00 bits per heavy atom. The van der Waals surface area contributed by atoms with Crippen molar-refractivity contribution in [3.8, 4) is 0 Å². The molecule has 0 aliphatic heterocycles. The molecule has 14 heteroatoms. The van der Waals surface area contributed by atoms with E-state index in [1.165, 1.54) is 0 Å². The van der Waals surface area contributed by atoms with Crippen LogP contribution in [0.4, 0.5) is 0 Å². The van der Waals surface area contributed by atoms with Crippen molar-refractivity contribution in [3.05, 3.63) is 105 Å². The van der Waals surface area contributed by atoms with Crippen molar-refractivity contribution in [2.75, 3.05) is 0 Å². The van der Waals surface area contributed by atoms with Crippen molar-refractivity contribution >= 4 is 225 Å². The van der Waals surface area contributed by atoms with E-state index < -0.39 is 0 Å².